The minimum absolute atomic E-state index is 0.0443. The zero-order chi connectivity index (χ0) is 16.3. The highest BCUT2D eigenvalue weighted by Gasteiger charge is 2.05. The van der Waals surface area contributed by atoms with E-state index in [0.29, 0.717) is 31.5 Å². The van der Waals surface area contributed by atoms with Crippen LogP contribution in [0.3, 0.4) is 0 Å². The van der Waals surface area contributed by atoms with Gasteiger partial charge in [-0.1, -0.05) is 30.3 Å². The number of rotatable bonds is 9. The molecular formula is C18H22N2O2S. The fourth-order valence-corrected chi connectivity index (χ4v) is 2.84. The van der Waals surface area contributed by atoms with Gasteiger partial charge in [0.1, 0.15) is 0 Å². The minimum atomic E-state index is -0.0745. The summed E-state index contributed by atoms with van der Waals surface area (Å²) >= 11 is 1.50. The summed E-state index contributed by atoms with van der Waals surface area (Å²) < 4.78 is 0. The van der Waals surface area contributed by atoms with Gasteiger partial charge in [0.25, 0.3) is 5.91 Å². The molecule has 2 rings (SSSR count). The fraction of sp³-hybridized carbons (Fsp3) is 0.333. The number of carbonyl (C=O) groups excluding carboxylic acids is 2. The second-order valence-electron chi connectivity index (χ2n) is 5.31. The summed E-state index contributed by atoms with van der Waals surface area (Å²) in [7, 11) is 0. The van der Waals surface area contributed by atoms with Crippen molar-refractivity contribution in [3.05, 3.63) is 58.3 Å². The number of amides is 2. The molecule has 0 saturated carbocycles. The SMILES string of the molecule is O=C(CCCNC(=O)c1ccsc1)NCCCc1ccccc1. The Bertz CT molecular complexity index is 597. The van der Waals surface area contributed by atoms with Crippen LogP contribution in [-0.2, 0) is 11.2 Å². The molecule has 1 aromatic heterocycles. The Morgan fingerprint density at radius 2 is 1.74 bits per heavy atom. The number of carbonyl (C=O) groups is 2. The van der Waals surface area contributed by atoms with Crippen LogP contribution in [0.15, 0.2) is 47.2 Å². The maximum Gasteiger partial charge on any atom is 0.252 e. The Kier molecular flexibility index (Phi) is 7.33. The van der Waals surface area contributed by atoms with Gasteiger partial charge in [0.15, 0.2) is 0 Å². The molecule has 23 heavy (non-hydrogen) atoms. The van der Waals surface area contributed by atoms with Crippen LogP contribution in [0.1, 0.15) is 35.2 Å². The standard InChI is InChI=1S/C18H22N2O2S/c21-17(19-11-4-8-15-6-2-1-3-7-15)9-5-12-20-18(22)16-10-13-23-14-16/h1-3,6-7,10,13-14H,4-5,8-9,11-12H2,(H,19,21)(H,20,22). The molecule has 2 amide bonds. The van der Waals surface area contributed by atoms with E-state index in [0.717, 1.165) is 12.8 Å². The van der Waals surface area contributed by atoms with E-state index >= 15 is 0 Å². The lowest BCUT2D eigenvalue weighted by atomic mass is 10.1. The summed E-state index contributed by atoms with van der Waals surface area (Å²) in [4.78, 5) is 23.4. The third kappa shape index (κ3) is 6.65. The normalized spacial score (nSPS) is 10.3. The van der Waals surface area contributed by atoms with E-state index in [1.54, 1.807) is 6.07 Å². The van der Waals surface area contributed by atoms with Gasteiger partial charge in [0.05, 0.1) is 0 Å². The molecule has 0 radical (unpaired) electrons. The smallest absolute Gasteiger partial charge is 0.252 e. The van der Waals surface area contributed by atoms with Gasteiger partial charge in [-0.2, -0.15) is 11.3 Å². The molecule has 0 bridgehead atoms. The molecule has 0 atom stereocenters. The minimum Gasteiger partial charge on any atom is -0.356 e. The maximum atomic E-state index is 11.7. The van der Waals surface area contributed by atoms with Crippen LogP contribution in [0.4, 0.5) is 0 Å². The van der Waals surface area contributed by atoms with Gasteiger partial charge in [-0.15, -0.1) is 0 Å². The maximum absolute atomic E-state index is 11.7. The molecule has 4 nitrogen and oxygen atoms in total. The average molecular weight is 330 g/mol. The van der Waals surface area contributed by atoms with Crippen molar-refractivity contribution < 1.29 is 9.59 Å². The number of nitrogens with one attached hydrogen (secondary N) is 2. The second-order valence-corrected chi connectivity index (χ2v) is 6.09. The van der Waals surface area contributed by atoms with Crippen LogP contribution in [0, 0.1) is 0 Å². The van der Waals surface area contributed by atoms with Gasteiger partial charge < -0.3 is 10.6 Å². The van der Waals surface area contributed by atoms with Crippen LogP contribution in [-0.4, -0.2) is 24.9 Å². The van der Waals surface area contributed by atoms with Crippen molar-refractivity contribution >= 4 is 23.2 Å². The Labute approximate surface area is 140 Å². The zero-order valence-corrected chi connectivity index (χ0v) is 13.9. The van der Waals surface area contributed by atoms with E-state index in [1.807, 2.05) is 29.0 Å². The summed E-state index contributed by atoms with van der Waals surface area (Å²) in [6.45, 7) is 1.21. The summed E-state index contributed by atoms with van der Waals surface area (Å²) in [5.41, 5.74) is 1.97. The highest BCUT2D eigenvalue weighted by atomic mass is 32.1. The fourth-order valence-electron chi connectivity index (χ4n) is 2.20. The number of hydrogen-bond acceptors (Lipinski definition) is 3. The van der Waals surface area contributed by atoms with Gasteiger partial charge in [0, 0.05) is 30.5 Å². The lowest BCUT2D eigenvalue weighted by molar-refractivity contribution is -0.121. The first-order valence-corrected chi connectivity index (χ1v) is 8.81. The molecule has 0 unspecified atom stereocenters. The van der Waals surface area contributed by atoms with Gasteiger partial charge in [-0.25, -0.2) is 0 Å². The van der Waals surface area contributed by atoms with Crippen molar-refractivity contribution in [3.8, 4) is 0 Å². The Hall–Kier alpha value is -2.14. The van der Waals surface area contributed by atoms with Crippen molar-refractivity contribution in [1.29, 1.82) is 0 Å². The lowest BCUT2D eigenvalue weighted by Gasteiger charge is -2.06. The van der Waals surface area contributed by atoms with E-state index in [4.69, 9.17) is 0 Å². The molecular weight excluding hydrogens is 308 g/mol. The summed E-state index contributed by atoms with van der Waals surface area (Å²) in [6, 6.07) is 12.0. The molecule has 2 N–H and O–H groups in total. The van der Waals surface area contributed by atoms with Crippen LogP contribution in [0.25, 0.3) is 0 Å². The van der Waals surface area contributed by atoms with Crippen molar-refractivity contribution in [2.45, 2.75) is 25.7 Å². The van der Waals surface area contributed by atoms with Crippen molar-refractivity contribution in [2.24, 2.45) is 0 Å². The molecule has 0 aliphatic rings. The molecule has 1 aromatic carbocycles. The predicted octanol–water partition coefficient (Wildman–Crippen LogP) is 3.01. The van der Waals surface area contributed by atoms with E-state index < -0.39 is 0 Å². The van der Waals surface area contributed by atoms with E-state index in [9.17, 15) is 9.59 Å². The molecule has 0 aliphatic heterocycles. The van der Waals surface area contributed by atoms with Crippen LogP contribution in [0.2, 0.25) is 0 Å². The monoisotopic (exact) mass is 330 g/mol. The van der Waals surface area contributed by atoms with Crippen molar-refractivity contribution in [3.63, 3.8) is 0 Å². The molecule has 0 fully saturated rings. The van der Waals surface area contributed by atoms with Gasteiger partial charge >= 0.3 is 0 Å². The van der Waals surface area contributed by atoms with E-state index in [-0.39, 0.29) is 11.8 Å². The predicted molar refractivity (Wildman–Crippen MR) is 93.7 cm³/mol. The molecule has 1 heterocycles. The summed E-state index contributed by atoms with van der Waals surface area (Å²) in [5, 5.41) is 9.42. The highest BCUT2D eigenvalue weighted by Crippen LogP contribution is 2.05. The largest absolute Gasteiger partial charge is 0.356 e. The summed E-state index contributed by atoms with van der Waals surface area (Å²) in [5.74, 6) is -0.0302. The average Bonchev–Trinajstić information content (AvgIpc) is 3.11. The third-order valence-electron chi connectivity index (χ3n) is 3.46. The second kappa shape index (κ2) is 9.79. The number of hydrogen-bond donors (Lipinski definition) is 2. The van der Waals surface area contributed by atoms with E-state index in [2.05, 4.69) is 22.8 Å². The van der Waals surface area contributed by atoms with Crippen LogP contribution in [0.5, 0.6) is 0 Å². The Balaban J connectivity index is 1.49. The van der Waals surface area contributed by atoms with E-state index in [1.165, 1.54) is 16.9 Å². The van der Waals surface area contributed by atoms with Crippen LogP contribution < -0.4 is 10.6 Å². The molecule has 5 heteroatoms. The Morgan fingerprint density at radius 3 is 2.48 bits per heavy atom. The molecule has 122 valence electrons. The number of benzene rings is 1. The molecule has 0 aliphatic carbocycles. The number of thiophene rings is 1. The van der Waals surface area contributed by atoms with Crippen molar-refractivity contribution in [1.82, 2.24) is 10.6 Å². The van der Waals surface area contributed by atoms with Gasteiger partial charge in [-0.05, 0) is 36.3 Å². The van der Waals surface area contributed by atoms with Crippen LogP contribution >= 0.6 is 11.3 Å². The third-order valence-corrected chi connectivity index (χ3v) is 4.14. The van der Waals surface area contributed by atoms with Gasteiger partial charge in [-0.3, -0.25) is 9.59 Å². The number of aryl methyl sites for hydroxylation is 1. The zero-order valence-electron chi connectivity index (χ0n) is 13.1. The van der Waals surface area contributed by atoms with Crippen molar-refractivity contribution in [2.75, 3.05) is 13.1 Å². The lowest BCUT2D eigenvalue weighted by Crippen LogP contribution is -2.28. The first kappa shape index (κ1) is 17.2. The molecule has 0 spiro atoms. The highest BCUT2D eigenvalue weighted by molar-refractivity contribution is 7.08. The Morgan fingerprint density at radius 1 is 0.957 bits per heavy atom. The van der Waals surface area contributed by atoms with Gasteiger partial charge in [0.2, 0.25) is 5.91 Å². The quantitative estimate of drug-likeness (QED) is 0.694. The topological polar surface area (TPSA) is 58.2 Å². The first-order valence-electron chi connectivity index (χ1n) is 7.87. The molecule has 2 aromatic rings. The molecule has 0 saturated heterocycles. The summed E-state index contributed by atoms with van der Waals surface area (Å²) in [6.07, 6.45) is 3.00. The first-order chi connectivity index (χ1) is 11.3.